The quantitative estimate of drug-likeness (QED) is 0.789. The van der Waals surface area contributed by atoms with Crippen molar-refractivity contribution in [3.63, 3.8) is 0 Å². The summed E-state index contributed by atoms with van der Waals surface area (Å²) in [7, 11) is 0. The van der Waals surface area contributed by atoms with Gasteiger partial charge in [-0.1, -0.05) is 0 Å². The first-order chi connectivity index (χ1) is 9.50. The van der Waals surface area contributed by atoms with Gasteiger partial charge in [0.05, 0.1) is 0 Å². The minimum absolute atomic E-state index is 0.0276. The molecule has 0 aliphatic heterocycles. The molecular weight excluding hydrogens is 282 g/mol. The molecule has 0 aromatic carbocycles. The maximum absolute atomic E-state index is 12.2. The largest absolute Gasteiger partial charge is 0.481 e. The first-order valence-electron chi connectivity index (χ1n) is 5.96. The fourth-order valence-electron chi connectivity index (χ4n) is 1.72. The molecule has 0 saturated heterocycles. The molecule has 0 fully saturated rings. The van der Waals surface area contributed by atoms with Gasteiger partial charge in [0.15, 0.2) is 4.96 Å². The first-order valence-corrected chi connectivity index (χ1v) is 6.84. The van der Waals surface area contributed by atoms with Crippen molar-refractivity contribution < 1.29 is 14.7 Å². The number of nitrogens with zero attached hydrogens (tertiary/aromatic N) is 2. The maximum atomic E-state index is 12.2. The van der Waals surface area contributed by atoms with Crippen LogP contribution in [0.5, 0.6) is 0 Å². The monoisotopic (exact) mass is 295 g/mol. The highest BCUT2D eigenvalue weighted by atomic mass is 32.1. The number of hydrogen-bond donors (Lipinski definition) is 2. The average Bonchev–Trinajstić information content (AvgIpc) is 2.77. The maximum Gasteiger partial charge on any atom is 0.303 e. The van der Waals surface area contributed by atoms with Crippen molar-refractivity contribution in [3.05, 3.63) is 33.2 Å². The van der Waals surface area contributed by atoms with Crippen molar-refractivity contribution in [2.24, 2.45) is 0 Å². The van der Waals surface area contributed by atoms with Crippen molar-refractivity contribution in [2.75, 3.05) is 6.54 Å². The van der Waals surface area contributed by atoms with E-state index < -0.39 is 17.4 Å². The number of nitrogens with one attached hydrogen (secondary N) is 1. The number of aromatic nitrogens is 2. The first kappa shape index (κ1) is 14.2. The zero-order valence-corrected chi connectivity index (χ0v) is 11.6. The summed E-state index contributed by atoms with van der Waals surface area (Å²) >= 11 is 1.33. The van der Waals surface area contributed by atoms with E-state index in [1.807, 2.05) is 0 Å². The summed E-state index contributed by atoms with van der Waals surface area (Å²) in [4.78, 5) is 39.0. The van der Waals surface area contributed by atoms with Crippen LogP contribution in [0.15, 0.2) is 16.4 Å². The summed E-state index contributed by atoms with van der Waals surface area (Å²) in [5, 5.41) is 12.8. The second-order valence-corrected chi connectivity index (χ2v) is 5.06. The fourth-order valence-corrected chi connectivity index (χ4v) is 2.54. The number of rotatable bonds is 5. The second kappa shape index (κ2) is 5.83. The molecule has 7 nitrogen and oxygen atoms in total. The highest BCUT2D eigenvalue weighted by Crippen LogP contribution is 2.10. The van der Waals surface area contributed by atoms with E-state index in [1.54, 1.807) is 12.3 Å². The van der Waals surface area contributed by atoms with Crippen LogP contribution < -0.4 is 10.9 Å². The third-order valence-corrected chi connectivity index (χ3v) is 3.67. The third kappa shape index (κ3) is 2.85. The Balaban J connectivity index is 2.14. The predicted octanol–water partition coefficient (Wildman–Crippen LogP) is 0.659. The smallest absolute Gasteiger partial charge is 0.303 e. The zero-order chi connectivity index (χ0) is 14.7. The van der Waals surface area contributed by atoms with Gasteiger partial charge in [-0.25, -0.2) is 4.98 Å². The lowest BCUT2D eigenvalue weighted by Crippen LogP contribution is -2.32. The molecule has 0 spiro atoms. The predicted molar refractivity (Wildman–Crippen MR) is 73.3 cm³/mol. The van der Waals surface area contributed by atoms with Crippen LogP contribution in [-0.2, 0) is 4.79 Å². The van der Waals surface area contributed by atoms with Crippen molar-refractivity contribution in [1.29, 1.82) is 0 Å². The molecule has 2 aromatic rings. The van der Waals surface area contributed by atoms with Gasteiger partial charge in [0, 0.05) is 30.2 Å². The van der Waals surface area contributed by atoms with Crippen LogP contribution in [0.2, 0.25) is 0 Å². The Morgan fingerprint density at radius 2 is 2.25 bits per heavy atom. The van der Waals surface area contributed by atoms with Crippen molar-refractivity contribution in [2.45, 2.75) is 19.8 Å². The van der Waals surface area contributed by atoms with Gasteiger partial charge in [-0.3, -0.25) is 18.8 Å². The van der Waals surface area contributed by atoms with Crippen molar-refractivity contribution in [3.8, 4) is 0 Å². The molecule has 20 heavy (non-hydrogen) atoms. The number of carboxylic acids is 1. The topological polar surface area (TPSA) is 101 Å². The van der Waals surface area contributed by atoms with Gasteiger partial charge in [0.1, 0.15) is 5.56 Å². The Hall–Kier alpha value is -2.22. The van der Waals surface area contributed by atoms with Crippen LogP contribution in [0.4, 0.5) is 0 Å². The molecule has 0 aliphatic rings. The van der Waals surface area contributed by atoms with Crippen LogP contribution in [-0.4, -0.2) is 32.9 Å². The minimum Gasteiger partial charge on any atom is -0.481 e. The molecule has 2 N–H and O–H groups in total. The lowest BCUT2D eigenvalue weighted by Gasteiger charge is -2.04. The summed E-state index contributed by atoms with van der Waals surface area (Å²) in [5.41, 5.74) is 0.270. The van der Waals surface area contributed by atoms with E-state index in [1.165, 1.54) is 21.9 Å². The number of fused-ring (bicyclic) bond motifs is 1. The highest BCUT2D eigenvalue weighted by molar-refractivity contribution is 7.15. The summed E-state index contributed by atoms with van der Waals surface area (Å²) < 4.78 is 1.39. The van der Waals surface area contributed by atoms with E-state index in [2.05, 4.69) is 10.3 Å². The Labute approximate surface area is 117 Å². The second-order valence-electron chi connectivity index (χ2n) is 4.23. The molecule has 1 amide bonds. The molecule has 2 heterocycles. The Kier molecular flexibility index (Phi) is 4.14. The SMILES string of the molecule is Cc1csc2ncc(C(=O)NCCCC(=O)O)c(=O)n12. The standard InChI is InChI=1S/C12H13N3O4S/c1-7-6-20-12-14-5-8(11(19)15(7)12)10(18)13-4-2-3-9(16)17/h5-6H,2-4H2,1H3,(H,13,18)(H,16,17). The van der Waals surface area contributed by atoms with Gasteiger partial charge in [0.2, 0.25) is 0 Å². The number of carbonyl (C=O) groups excluding carboxylic acids is 1. The van der Waals surface area contributed by atoms with Crippen LogP contribution in [0, 0.1) is 6.92 Å². The molecule has 0 atom stereocenters. The summed E-state index contributed by atoms with van der Waals surface area (Å²) in [6, 6.07) is 0. The van der Waals surface area contributed by atoms with Gasteiger partial charge in [-0.15, -0.1) is 11.3 Å². The summed E-state index contributed by atoms with van der Waals surface area (Å²) in [6.45, 7) is 1.97. The van der Waals surface area contributed by atoms with E-state index in [9.17, 15) is 14.4 Å². The van der Waals surface area contributed by atoms with Gasteiger partial charge in [-0.2, -0.15) is 0 Å². The van der Waals surface area contributed by atoms with Crippen LogP contribution in [0.3, 0.4) is 0 Å². The van der Waals surface area contributed by atoms with Gasteiger partial charge >= 0.3 is 5.97 Å². The number of thiazole rings is 1. The van der Waals surface area contributed by atoms with Crippen LogP contribution >= 0.6 is 11.3 Å². The van der Waals surface area contributed by atoms with E-state index in [4.69, 9.17) is 5.11 Å². The van der Waals surface area contributed by atoms with E-state index in [-0.39, 0.29) is 18.5 Å². The average molecular weight is 295 g/mol. The van der Waals surface area contributed by atoms with E-state index in [0.29, 0.717) is 11.4 Å². The minimum atomic E-state index is -0.920. The molecule has 106 valence electrons. The zero-order valence-electron chi connectivity index (χ0n) is 10.8. The lowest BCUT2D eigenvalue weighted by atomic mass is 10.3. The van der Waals surface area contributed by atoms with E-state index in [0.717, 1.165) is 5.69 Å². The Bertz CT molecular complexity index is 719. The summed E-state index contributed by atoms with van der Waals surface area (Å²) in [6.07, 6.45) is 1.54. The molecule has 8 heteroatoms. The Morgan fingerprint density at radius 3 is 2.95 bits per heavy atom. The number of amides is 1. The molecule has 0 bridgehead atoms. The number of carbonyl (C=O) groups is 2. The van der Waals surface area contributed by atoms with Crippen molar-refractivity contribution in [1.82, 2.24) is 14.7 Å². The molecular formula is C12H13N3O4S. The van der Waals surface area contributed by atoms with Crippen LogP contribution in [0.25, 0.3) is 4.96 Å². The lowest BCUT2D eigenvalue weighted by molar-refractivity contribution is -0.137. The number of aliphatic carboxylic acids is 1. The molecule has 0 aliphatic carbocycles. The molecule has 2 aromatic heterocycles. The van der Waals surface area contributed by atoms with Gasteiger partial charge < -0.3 is 10.4 Å². The van der Waals surface area contributed by atoms with Gasteiger partial charge in [-0.05, 0) is 13.3 Å². The van der Waals surface area contributed by atoms with Crippen LogP contribution in [0.1, 0.15) is 28.9 Å². The third-order valence-electron chi connectivity index (χ3n) is 2.71. The number of hydrogen-bond acceptors (Lipinski definition) is 5. The molecule has 0 saturated carbocycles. The fraction of sp³-hybridized carbons (Fsp3) is 0.333. The highest BCUT2D eigenvalue weighted by Gasteiger charge is 2.14. The number of carboxylic acid groups (broad SMARTS) is 1. The molecule has 2 rings (SSSR count). The van der Waals surface area contributed by atoms with E-state index >= 15 is 0 Å². The van der Waals surface area contributed by atoms with Gasteiger partial charge in [0.25, 0.3) is 11.5 Å². The van der Waals surface area contributed by atoms with Crippen molar-refractivity contribution >= 4 is 28.2 Å². The normalized spacial score (nSPS) is 10.7. The number of aryl methyl sites for hydroxylation is 1. The molecule has 0 radical (unpaired) electrons. The summed E-state index contributed by atoms with van der Waals surface area (Å²) in [5.74, 6) is -1.45. The molecule has 0 unspecified atom stereocenters. The Morgan fingerprint density at radius 1 is 1.50 bits per heavy atom.